The van der Waals surface area contributed by atoms with E-state index >= 15 is 0 Å². The van der Waals surface area contributed by atoms with E-state index in [0.29, 0.717) is 5.75 Å². The van der Waals surface area contributed by atoms with Crippen LogP contribution in [0.25, 0.3) is 0 Å². The second-order valence-corrected chi connectivity index (χ2v) is 7.09. The van der Waals surface area contributed by atoms with Crippen LogP contribution in [0.1, 0.15) is 25.7 Å². The maximum atomic E-state index is 11.3. The van der Waals surface area contributed by atoms with Crippen molar-refractivity contribution < 1.29 is 9.53 Å². The average Bonchev–Trinajstić information content (AvgIpc) is 3.23. The summed E-state index contributed by atoms with van der Waals surface area (Å²) in [6.07, 6.45) is 5.37. The molecule has 128 valence electrons. The van der Waals surface area contributed by atoms with Gasteiger partial charge < -0.3 is 20.3 Å². The van der Waals surface area contributed by atoms with E-state index in [1.54, 1.807) is 0 Å². The highest BCUT2D eigenvalue weighted by Gasteiger charge is 2.39. The predicted molar refractivity (Wildman–Crippen MR) is 98.8 cm³/mol. The van der Waals surface area contributed by atoms with Gasteiger partial charge in [-0.15, -0.1) is 0 Å². The Kier molecular flexibility index (Phi) is 3.33. The van der Waals surface area contributed by atoms with Gasteiger partial charge in [-0.25, -0.2) is 0 Å². The molecular formula is C20H21N3O2. The first-order valence-electron chi connectivity index (χ1n) is 8.98. The first-order valence-corrected chi connectivity index (χ1v) is 8.98. The summed E-state index contributed by atoms with van der Waals surface area (Å²) in [5.41, 5.74) is 4.06. The number of carbonyl (C=O) groups excluding carboxylic acids is 1. The summed E-state index contributed by atoms with van der Waals surface area (Å²) in [7, 11) is 0. The van der Waals surface area contributed by atoms with Gasteiger partial charge >= 0.3 is 0 Å². The van der Waals surface area contributed by atoms with Crippen LogP contribution in [0.5, 0.6) is 5.75 Å². The Morgan fingerprint density at radius 1 is 0.960 bits per heavy atom. The second kappa shape index (κ2) is 5.69. The van der Waals surface area contributed by atoms with Crippen LogP contribution in [-0.2, 0) is 4.79 Å². The second-order valence-electron chi connectivity index (χ2n) is 7.09. The molecule has 5 heteroatoms. The number of benzene rings is 2. The molecule has 25 heavy (non-hydrogen) atoms. The van der Waals surface area contributed by atoms with Crippen molar-refractivity contribution in [1.29, 1.82) is 0 Å². The summed E-state index contributed by atoms with van der Waals surface area (Å²) in [4.78, 5) is 13.9. The maximum absolute atomic E-state index is 11.3. The van der Waals surface area contributed by atoms with Crippen LogP contribution < -0.4 is 20.3 Å². The van der Waals surface area contributed by atoms with Crippen LogP contribution in [0.4, 0.5) is 22.7 Å². The topological polar surface area (TPSA) is 53.6 Å². The number of carbonyl (C=O) groups is 1. The number of hydrogen-bond acceptors (Lipinski definition) is 4. The third-order valence-corrected chi connectivity index (χ3v) is 5.52. The van der Waals surface area contributed by atoms with Crippen LogP contribution >= 0.6 is 0 Å². The number of nitrogens with zero attached hydrogens (tertiary/aromatic N) is 1. The Hall–Kier alpha value is -2.69. The van der Waals surface area contributed by atoms with Crippen molar-refractivity contribution in [2.24, 2.45) is 0 Å². The van der Waals surface area contributed by atoms with Crippen molar-refractivity contribution in [3.8, 4) is 5.75 Å². The molecule has 5 rings (SSSR count). The molecule has 3 heterocycles. The van der Waals surface area contributed by atoms with Crippen molar-refractivity contribution in [1.82, 2.24) is 0 Å². The summed E-state index contributed by atoms with van der Waals surface area (Å²) in [6, 6.07) is 15.9. The zero-order chi connectivity index (χ0) is 16.8. The molecular weight excluding hydrogens is 314 g/mol. The van der Waals surface area contributed by atoms with Gasteiger partial charge in [-0.2, -0.15) is 0 Å². The zero-order valence-electron chi connectivity index (χ0n) is 14.0. The number of rotatable bonds is 3. The largest absolute Gasteiger partial charge is 0.482 e. The maximum Gasteiger partial charge on any atom is 0.262 e. The first kappa shape index (κ1) is 14.6. The molecule has 0 atom stereocenters. The molecule has 2 bridgehead atoms. The van der Waals surface area contributed by atoms with Gasteiger partial charge in [0.1, 0.15) is 5.75 Å². The Labute approximate surface area is 147 Å². The van der Waals surface area contributed by atoms with Crippen LogP contribution in [0, 0.1) is 0 Å². The molecule has 2 aromatic carbocycles. The van der Waals surface area contributed by atoms with Crippen molar-refractivity contribution >= 4 is 28.7 Å². The highest BCUT2D eigenvalue weighted by Crippen LogP contribution is 2.41. The molecule has 2 N–H and O–H groups in total. The molecule has 0 aliphatic carbocycles. The lowest BCUT2D eigenvalue weighted by Gasteiger charge is -2.24. The normalized spacial score (nSPS) is 23.8. The van der Waals surface area contributed by atoms with Gasteiger partial charge in [0.25, 0.3) is 5.91 Å². The molecule has 3 aliphatic rings. The minimum Gasteiger partial charge on any atom is -0.482 e. The molecule has 1 amide bonds. The van der Waals surface area contributed by atoms with Gasteiger partial charge in [0.05, 0.1) is 5.69 Å². The van der Waals surface area contributed by atoms with Gasteiger partial charge in [0.15, 0.2) is 6.61 Å². The molecule has 0 saturated carbocycles. The van der Waals surface area contributed by atoms with Crippen molar-refractivity contribution in [2.75, 3.05) is 22.1 Å². The monoisotopic (exact) mass is 335 g/mol. The number of hydrogen-bond donors (Lipinski definition) is 2. The summed E-state index contributed by atoms with van der Waals surface area (Å²) in [5, 5.41) is 6.22. The number of nitrogens with one attached hydrogen (secondary N) is 2. The smallest absolute Gasteiger partial charge is 0.262 e. The highest BCUT2D eigenvalue weighted by molar-refractivity contribution is 5.95. The standard InChI is InChI=1S/C20H21N3O2/c24-20-12-25-19-11-14(3-10-18(19)22-20)21-13-1-4-15(5-2-13)23-16-6-7-17(23)9-8-16/h1-5,10-11,16-17,21H,6-9,12H2,(H,22,24)/t16-,17+. The fourth-order valence-corrected chi connectivity index (χ4v) is 4.37. The van der Waals surface area contributed by atoms with E-state index in [9.17, 15) is 4.79 Å². The molecule has 0 spiro atoms. The SMILES string of the molecule is O=C1COc2cc(Nc3ccc(N4[C@H]5CC[C@@H]4CC5)cc3)ccc2N1. The van der Waals surface area contributed by atoms with E-state index in [1.807, 2.05) is 18.2 Å². The lowest BCUT2D eigenvalue weighted by Crippen LogP contribution is -2.27. The Morgan fingerprint density at radius 2 is 1.64 bits per heavy atom. The minimum absolute atomic E-state index is 0.0727. The van der Waals surface area contributed by atoms with E-state index < -0.39 is 0 Å². The van der Waals surface area contributed by atoms with Gasteiger partial charge in [0.2, 0.25) is 0 Å². The number of ether oxygens (including phenoxy) is 1. The van der Waals surface area contributed by atoms with Crippen molar-refractivity contribution in [3.05, 3.63) is 42.5 Å². The summed E-state index contributed by atoms with van der Waals surface area (Å²) < 4.78 is 5.47. The number of fused-ring (bicyclic) bond motifs is 3. The number of anilines is 4. The molecule has 2 saturated heterocycles. The van der Waals surface area contributed by atoms with Gasteiger partial charge in [0, 0.05) is 35.2 Å². The highest BCUT2D eigenvalue weighted by atomic mass is 16.5. The molecule has 0 radical (unpaired) electrons. The van der Waals surface area contributed by atoms with E-state index in [0.717, 1.165) is 29.1 Å². The van der Waals surface area contributed by atoms with Crippen LogP contribution in [-0.4, -0.2) is 24.6 Å². The molecule has 3 aliphatic heterocycles. The van der Waals surface area contributed by atoms with E-state index in [2.05, 4.69) is 39.8 Å². The lowest BCUT2D eigenvalue weighted by atomic mass is 10.0. The fraction of sp³-hybridized carbons (Fsp3) is 0.350. The Morgan fingerprint density at radius 3 is 2.36 bits per heavy atom. The van der Waals surface area contributed by atoms with Gasteiger partial charge in [-0.05, 0) is 62.1 Å². The van der Waals surface area contributed by atoms with Crippen LogP contribution in [0.15, 0.2) is 42.5 Å². The van der Waals surface area contributed by atoms with Gasteiger partial charge in [-0.3, -0.25) is 4.79 Å². The van der Waals surface area contributed by atoms with Crippen molar-refractivity contribution in [3.63, 3.8) is 0 Å². The Balaban J connectivity index is 1.32. The first-order chi connectivity index (χ1) is 12.3. The third kappa shape index (κ3) is 2.60. The Bertz CT molecular complexity index is 798. The molecule has 0 unspecified atom stereocenters. The molecule has 0 aromatic heterocycles. The summed E-state index contributed by atoms with van der Waals surface area (Å²) in [6.45, 7) is 0.0727. The quantitative estimate of drug-likeness (QED) is 0.893. The molecule has 2 fully saturated rings. The van der Waals surface area contributed by atoms with E-state index in [4.69, 9.17) is 4.74 Å². The van der Waals surface area contributed by atoms with Crippen molar-refractivity contribution in [2.45, 2.75) is 37.8 Å². The van der Waals surface area contributed by atoms with Crippen LogP contribution in [0.3, 0.4) is 0 Å². The average molecular weight is 335 g/mol. The lowest BCUT2D eigenvalue weighted by molar-refractivity contribution is -0.118. The van der Waals surface area contributed by atoms with Crippen LogP contribution in [0.2, 0.25) is 0 Å². The summed E-state index contributed by atoms with van der Waals surface area (Å²) >= 11 is 0. The van der Waals surface area contributed by atoms with E-state index in [1.165, 1.54) is 31.4 Å². The predicted octanol–water partition coefficient (Wildman–Crippen LogP) is 3.89. The minimum atomic E-state index is -0.111. The summed E-state index contributed by atoms with van der Waals surface area (Å²) in [5.74, 6) is 0.592. The fourth-order valence-electron chi connectivity index (χ4n) is 4.37. The molecule has 2 aromatic rings. The zero-order valence-corrected chi connectivity index (χ0v) is 14.0. The third-order valence-electron chi connectivity index (χ3n) is 5.52. The van der Waals surface area contributed by atoms with E-state index in [-0.39, 0.29) is 12.5 Å². The number of amides is 1. The van der Waals surface area contributed by atoms with Gasteiger partial charge in [-0.1, -0.05) is 0 Å². The molecule has 5 nitrogen and oxygen atoms in total.